The average Bonchev–Trinajstić information content (AvgIpc) is 2.40. The molecule has 1 aliphatic heterocycles. The van der Waals surface area contributed by atoms with Gasteiger partial charge >= 0.3 is 5.97 Å². The molecule has 1 N–H and O–H groups in total. The molecule has 1 saturated heterocycles. The molecule has 0 radical (unpaired) electrons. The van der Waals surface area contributed by atoms with Gasteiger partial charge in [-0.25, -0.2) is 4.79 Å². The summed E-state index contributed by atoms with van der Waals surface area (Å²) in [4.78, 5) is 13.9. The van der Waals surface area contributed by atoms with Crippen LogP contribution in [0.4, 0.5) is 0 Å². The maximum Gasteiger partial charge on any atom is 0.337 e. The highest BCUT2D eigenvalue weighted by molar-refractivity contribution is 6.31. The number of esters is 1. The fraction of sp³-hybridized carbons (Fsp3) is 0.500. The van der Waals surface area contributed by atoms with Crippen LogP contribution in [0.1, 0.15) is 22.8 Å². The van der Waals surface area contributed by atoms with Crippen molar-refractivity contribution in [1.82, 2.24) is 10.2 Å². The molecule has 1 aromatic carbocycles. The first-order chi connectivity index (χ1) is 9.10. The number of nitrogens with zero attached hydrogens (tertiary/aromatic N) is 1. The topological polar surface area (TPSA) is 41.6 Å². The lowest BCUT2D eigenvalue weighted by molar-refractivity contribution is 0.0600. The molecule has 4 nitrogen and oxygen atoms in total. The van der Waals surface area contributed by atoms with Crippen LogP contribution < -0.4 is 5.32 Å². The number of carbonyl (C=O) groups excluding carboxylic acids is 1. The van der Waals surface area contributed by atoms with E-state index in [1.54, 1.807) is 12.1 Å². The van der Waals surface area contributed by atoms with Crippen LogP contribution in [0, 0.1) is 0 Å². The third-order valence-corrected chi connectivity index (χ3v) is 3.68. The molecule has 0 saturated carbocycles. The van der Waals surface area contributed by atoms with E-state index < -0.39 is 0 Å². The largest absolute Gasteiger partial charge is 0.465 e. The van der Waals surface area contributed by atoms with Crippen molar-refractivity contribution in [1.29, 1.82) is 0 Å². The van der Waals surface area contributed by atoms with Crippen LogP contribution >= 0.6 is 11.6 Å². The van der Waals surface area contributed by atoms with Gasteiger partial charge in [0.25, 0.3) is 0 Å². The quantitative estimate of drug-likeness (QED) is 0.860. The molecule has 0 unspecified atom stereocenters. The van der Waals surface area contributed by atoms with Gasteiger partial charge in [0.05, 0.1) is 12.7 Å². The Bertz CT molecular complexity index is 465. The summed E-state index contributed by atoms with van der Waals surface area (Å²) in [6.07, 6.45) is 0. The van der Waals surface area contributed by atoms with E-state index in [1.807, 2.05) is 6.07 Å². The van der Waals surface area contributed by atoms with Crippen molar-refractivity contribution >= 4 is 17.6 Å². The first-order valence-corrected chi connectivity index (χ1v) is 6.80. The summed E-state index contributed by atoms with van der Waals surface area (Å²) in [7, 11) is 1.38. The van der Waals surface area contributed by atoms with E-state index in [-0.39, 0.29) is 5.97 Å². The summed E-state index contributed by atoms with van der Waals surface area (Å²) in [6.45, 7) is 5.88. The van der Waals surface area contributed by atoms with Gasteiger partial charge in [-0.1, -0.05) is 11.6 Å². The highest BCUT2D eigenvalue weighted by Gasteiger charge is 2.17. The predicted octanol–water partition coefficient (Wildman–Crippen LogP) is 1.92. The van der Waals surface area contributed by atoms with Crippen molar-refractivity contribution in [2.75, 3.05) is 26.7 Å². The normalized spacial score (nSPS) is 20.3. The number of piperazine rings is 1. The minimum Gasteiger partial charge on any atom is -0.465 e. The smallest absolute Gasteiger partial charge is 0.337 e. The predicted molar refractivity (Wildman–Crippen MR) is 75.5 cm³/mol. The van der Waals surface area contributed by atoms with Gasteiger partial charge in [0.15, 0.2) is 0 Å². The molecular weight excluding hydrogens is 264 g/mol. The Morgan fingerprint density at radius 1 is 1.58 bits per heavy atom. The van der Waals surface area contributed by atoms with Crippen LogP contribution in [0.5, 0.6) is 0 Å². The zero-order chi connectivity index (χ0) is 13.8. The van der Waals surface area contributed by atoms with Crippen LogP contribution in [0.2, 0.25) is 5.02 Å². The number of hydrogen-bond acceptors (Lipinski definition) is 4. The number of rotatable bonds is 3. The second-order valence-electron chi connectivity index (χ2n) is 4.89. The Hall–Kier alpha value is -1.10. The van der Waals surface area contributed by atoms with Crippen molar-refractivity contribution in [3.8, 4) is 0 Å². The molecule has 2 rings (SSSR count). The highest BCUT2D eigenvalue weighted by Crippen LogP contribution is 2.20. The Morgan fingerprint density at radius 2 is 2.37 bits per heavy atom. The molecule has 104 valence electrons. The molecule has 1 aromatic rings. The molecule has 0 bridgehead atoms. The number of hydrogen-bond donors (Lipinski definition) is 1. The van der Waals surface area contributed by atoms with Crippen LogP contribution in [0.15, 0.2) is 18.2 Å². The molecule has 1 aliphatic rings. The third kappa shape index (κ3) is 3.69. The molecule has 1 heterocycles. The molecule has 0 aliphatic carbocycles. The lowest BCUT2D eigenvalue weighted by Crippen LogP contribution is -2.48. The van der Waals surface area contributed by atoms with Crippen molar-refractivity contribution in [2.24, 2.45) is 0 Å². The van der Waals surface area contributed by atoms with Crippen LogP contribution in [-0.4, -0.2) is 43.7 Å². The molecule has 19 heavy (non-hydrogen) atoms. The molecule has 1 fully saturated rings. The molecular formula is C14H19ClN2O2. The number of carbonyl (C=O) groups is 1. The Morgan fingerprint density at radius 3 is 3.05 bits per heavy atom. The zero-order valence-corrected chi connectivity index (χ0v) is 12.0. The van der Waals surface area contributed by atoms with Gasteiger partial charge in [-0.3, -0.25) is 4.90 Å². The molecule has 0 spiro atoms. The minimum absolute atomic E-state index is 0.327. The standard InChI is InChI=1S/C14H19ClN2O2/c1-10-8-17(6-5-16-10)9-12-7-11(14(18)19-2)3-4-13(12)15/h3-4,7,10,16H,5-6,8-9H2,1-2H3/t10-/m0/s1. The van der Waals surface area contributed by atoms with Gasteiger partial charge in [0.2, 0.25) is 0 Å². The summed E-state index contributed by atoms with van der Waals surface area (Å²) in [5.74, 6) is -0.327. The molecule has 5 heteroatoms. The number of benzene rings is 1. The first-order valence-electron chi connectivity index (χ1n) is 6.42. The van der Waals surface area contributed by atoms with Crippen LogP contribution in [0.25, 0.3) is 0 Å². The summed E-state index contributed by atoms with van der Waals surface area (Å²) in [5.41, 5.74) is 1.52. The van der Waals surface area contributed by atoms with E-state index in [9.17, 15) is 4.79 Å². The number of nitrogens with one attached hydrogen (secondary N) is 1. The van der Waals surface area contributed by atoms with Gasteiger partial charge in [-0.05, 0) is 30.7 Å². The second kappa shape index (κ2) is 6.37. The average molecular weight is 283 g/mol. The van der Waals surface area contributed by atoms with Crippen molar-refractivity contribution in [2.45, 2.75) is 19.5 Å². The Balaban J connectivity index is 2.12. The number of ether oxygens (including phenoxy) is 1. The third-order valence-electron chi connectivity index (χ3n) is 3.31. The van der Waals surface area contributed by atoms with Gasteiger partial charge in [0.1, 0.15) is 0 Å². The number of methoxy groups -OCH3 is 1. The number of halogens is 1. The first kappa shape index (κ1) is 14.3. The monoisotopic (exact) mass is 282 g/mol. The van der Waals surface area contributed by atoms with E-state index in [4.69, 9.17) is 16.3 Å². The van der Waals surface area contributed by atoms with Crippen LogP contribution in [-0.2, 0) is 11.3 Å². The van der Waals surface area contributed by atoms with Gasteiger partial charge < -0.3 is 10.1 Å². The summed E-state index contributed by atoms with van der Waals surface area (Å²) in [6, 6.07) is 5.75. The van der Waals surface area contributed by atoms with E-state index in [0.29, 0.717) is 16.6 Å². The van der Waals surface area contributed by atoms with Crippen molar-refractivity contribution < 1.29 is 9.53 Å². The van der Waals surface area contributed by atoms with Crippen LogP contribution in [0.3, 0.4) is 0 Å². The summed E-state index contributed by atoms with van der Waals surface area (Å²) in [5, 5.41) is 4.10. The van der Waals surface area contributed by atoms with E-state index in [1.165, 1.54) is 7.11 Å². The SMILES string of the molecule is COC(=O)c1ccc(Cl)c(CN2CCN[C@@H](C)C2)c1. The van der Waals surface area contributed by atoms with Gasteiger partial charge in [-0.15, -0.1) is 0 Å². The summed E-state index contributed by atoms with van der Waals surface area (Å²) < 4.78 is 4.73. The lowest BCUT2D eigenvalue weighted by atomic mass is 10.1. The molecule has 0 amide bonds. The van der Waals surface area contributed by atoms with Crippen molar-refractivity contribution in [3.05, 3.63) is 34.3 Å². The van der Waals surface area contributed by atoms with E-state index in [0.717, 1.165) is 31.7 Å². The molecule has 1 atom stereocenters. The minimum atomic E-state index is -0.327. The van der Waals surface area contributed by atoms with Gasteiger partial charge in [-0.2, -0.15) is 0 Å². The zero-order valence-electron chi connectivity index (χ0n) is 11.3. The fourth-order valence-corrected chi connectivity index (χ4v) is 2.51. The lowest BCUT2D eigenvalue weighted by Gasteiger charge is -2.32. The molecule has 0 aromatic heterocycles. The Labute approximate surface area is 118 Å². The maximum absolute atomic E-state index is 11.5. The van der Waals surface area contributed by atoms with E-state index >= 15 is 0 Å². The van der Waals surface area contributed by atoms with E-state index in [2.05, 4.69) is 17.1 Å². The maximum atomic E-state index is 11.5. The van der Waals surface area contributed by atoms with Gasteiger partial charge in [0, 0.05) is 37.2 Å². The second-order valence-corrected chi connectivity index (χ2v) is 5.30. The highest BCUT2D eigenvalue weighted by atomic mass is 35.5. The Kier molecular flexibility index (Phi) is 4.80. The summed E-state index contributed by atoms with van der Waals surface area (Å²) >= 11 is 6.21. The fourth-order valence-electron chi connectivity index (χ4n) is 2.34. The van der Waals surface area contributed by atoms with Crippen molar-refractivity contribution in [3.63, 3.8) is 0 Å².